The molecule has 29 heavy (non-hydrogen) atoms. The van der Waals surface area contributed by atoms with Gasteiger partial charge in [-0.15, -0.1) is 0 Å². The van der Waals surface area contributed by atoms with E-state index in [4.69, 9.17) is 9.47 Å². The Bertz CT molecular complexity index is 1020. The lowest BCUT2D eigenvalue weighted by molar-refractivity contribution is -0.122. The van der Waals surface area contributed by atoms with Gasteiger partial charge in [0.2, 0.25) is 6.79 Å². The van der Waals surface area contributed by atoms with Crippen LogP contribution in [0.3, 0.4) is 0 Å². The monoisotopic (exact) mass is 414 g/mol. The van der Waals surface area contributed by atoms with Crippen LogP contribution < -0.4 is 14.8 Å². The van der Waals surface area contributed by atoms with Crippen molar-refractivity contribution in [3.8, 4) is 11.5 Å². The van der Waals surface area contributed by atoms with Crippen molar-refractivity contribution in [3.63, 3.8) is 0 Å². The molecular formula is C19H18N4O5S. The SMILES string of the molecule is CCc1ncc(C(=O)NCCN2C(=O)SC(=Cc3ccc4c(c3)OCO4)C2=O)[nH]1. The van der Waals surface area contributed by atoms with Gasteiger partial charge in [-0.25, -0.2) is 4.98 Å². The Labute approximate surface area is 170 Å². The number of fused-ring (bicyclic) bond motifs is 1. The summed E-state index contributed by atoms with van der Waals surface area (Å²) in [4.78, 5) is 45.3. The summed E-state index contributed by atoms with van der Waals surface area (Å²) in [6, 6.07) is 5.30. The molecule has 9 nitrogen and oxygen atoms in total. The zero-order valence-corrected chi connectivity index (χ0v) is 16.4. The van der Waals surface area contributed by atoms with Crippen LogP contribution in [0.5, 0.6) is 11.5 Å². The second-order valence-corrected chi connectivity index (χ2v) is 7.29. The molecule has 3 heterocycles. The summed E-state index contributed by atoms with van der Waals surface area (Å²) in [6.45, 7) is 2.33. The molecule has 150 valence electrons. The number of rotatable bonds is 6. The maximum Gasteiger partial charge on any atom is 0.293 e. The van der Waals surface area contributed by atoms with Crippen LogP contribution in [0.4, 0.5) is 4.79 Å². The zero-order chi connectivity index (χ0) is 20.4. The van der Waals surface area contributed by atoms with Crippen LogP contribution in [0.15, 0.2) is 29.3 Å². The lowest BCUT2D eigenvalue weighted by Gasteiger charge is -2.12. The number of H-pyrrole nitrogens is 1. The fourth-order valence-electron chi connectivity index (χ4n) is 2.88. The van der Waals surface area contributed by atoms with E-state index in [0.717, 1.165) is 28.0 Å². The lowest BCUT2D eigenvalue weighted by atomic mass is 10.2. The number of imide groups is 1. The fourth-order valence-corrected chi connectivity index (χ4v) is 3.75. The first-order valence-electron chi connectivity index (χ1n) is 9.02. The van der Waals surface area contributed by atoms with Gasteiger partial charge < -0.3 is 19.8 Å². The van der Waals surface area contributed by atoms with E-state index in [0.29, 0.717) is 28.5 Å². The predicted molar refractivity (Wildman–Crippen MR) is 106 cm³/mol. The predicted octanol–water partition coefficient (Wildman–Crippen LogP) is 2.17. The van der Waals surface area contributed by atoms with Crippen molar-refractivity contribution in [1.29, 1.82) is 0 Å². The Morgan fingerprint density at radius 2 is 2.17 bits per heavy atom. The van der Waals surface area contributed by atoms with Gasteiger partial charge in [0.25, 0.3) is 17.1 Å². The number of benzene rings is 1. The number of hydrogen-bond donors (Lipinski definition) is 2. The minimum atomic E-state index is -0.387. The van der Waals surface area contributed by atoms with Gasteiger partial charge in [-0.2, -0.15) is 0 Å². The van der Waals surface area contributed by atoms with Crippen molar-refractivity contribution in [2.75, 3.05) is 19.9 Å². The van der Waals surface area contributed by atoms with E-state index in [1.165, 1.54) is 6.20 Å². The largest absolute Gasteiger partial charge is 0.454 e. The molecule has 1 aromatic carbocycles. The molecule has 1 saturated heterocycles. The summed E-state index contributed by atoms with van der Waals surface area (Å²) in [6.07, 6.45) is 3.80. The highest BCUT2D eigenvalue weighted by atomic mass is 32.2. The van der Waals surface area contributed by atoms with E-state index in [9.17, 15) is 14.4 Å². The maximum atomic E-state index is 12.6. The van der Waals surface area contributed by atoms with Gasteiger partial charge in [0, 0.05) is 19.5 Å². The van der Waals surface area contributed by atoms with E-state index in [2.05, 4.69) is 15.3 Å². The molecule has 0 radical (unpaired) electrons. The Morgan fingerprint density at radius 1 is 1.34 bits per heavy atom. The number of imidazole rings is 1. The molecule has 0 spiro atoms. The van der Waals surface area contributed by atoms with Gasteiger partial charge in [0.05, 0.1) is 11.1 Å². The lowest BCUT2D eigenvalue weighted by Crippen LogP contribution is -2.37. The van der Waals surface area contributed by atoms with Gasteiger partial charge >= 0.3 is 0 Å². The summed E-state index contributed by atoms with van der Waals surface area (Å²) in [5, 5.41) is 2.31. The normalized spacial score (nSPS) is 16.7. The van der Waals surface area contributed by atoms with Crippen LogP contribution in [-0.2, 0) is 11.2 Å². The second kappa shape index (κ2) is 8.00. The van der Waals surface area contributed by atoms with Gasteiger partial charge in [-0.1, -0.05) is 13.0 Å². The molecular weight excluding hydrogens is 396 g/mol. The summed E-state index contributed by atoms with van der Waals surface area (Å²) in [5.74, 6) is 1.25. The number of carbonyl (C=O) groups is 3. The van der Waals surface area contributed by atoms with E-state index < -0.39 is 0 Å². The van der Waals surface area contributed by atoms with Gasteiger partial charge in [-0.05, 0) is 35.5 Å². The highest BCUT2D eigenvalue weighted by molar-refractivity contribution is 8.18. The molecule has 3 amide bonds. The number of hydrogen-bond acceptors (Lipinski definition) is 7. The first kappa shape index (κ1) is 19.1. The number of aryl methyl sites for hydroxylation is 1. The molecule has 2 aliphatic rings. The minimum Gasteiger partial charge on any atom is -0.454 e. The van der Waals surface area contributed by atoms with Crippen molar-refractivity contribution >= 4 is 34.9 Å². The molecule has 0 bridgehead atoms. The Balaban J connectivity index is 1.36. The summed E-state index contributed by atoms with van der Waals surface area (Å²) in [7, 11) is 0. The van der Waals surface area contributed by atoms with Crippen LogP contribution in [0, 0.1) is 0 Å². The van der Waals surface area contributed by atoms with Gasteiger partial charge in [0.15, 0.2) is 11.5 Å². The summed E-state index contributed by atoms with van der Waals surface area (Å²) in [5.41, 5.74) is 1.08. The quantitative estimate of drug-likeness (QED) is 0.697. The van der Waals surface area contributed by atoms with Crippen LogP contribution in [0.25, 0.3) is 6.08 Å². The van der Waals surface area contributed by atoms with Crippen LogP contribution in [0.1, 0.15) is 28.8 Å². The minimum absolute atomic E-state index is 0.0870. The smallest absolute Gasteiger partial charge is 0.293 e. The van der Waals surface area contributed by atoms with Crippen molar-refractivity contribution in [3.05, 3.63) is 46.4 Å². The molecule has 0 unspecified atom stereocenters. The summed E-state index contributed by atoms with van der Waals surface area (Å²) >= 11 is 0.869. The topological polar surface area (TPSA) is 114 Å². The third-order valence-corrected chi connectivity index (χ3v) is 5.30. The number of nitrogens with one attached hydrogen (secondary N) is 2. The van der Waals surface area contributed by atoms with Crippen molar-refractivity contribution in [2.45, 2.75) is 13.3 Å². The van der Waals surface area contributed by atoms with Crippen LogP contribution in [0.2, 0.25) is 0 Å². The first-order chi connectivity index (χ1) is 14.0. The molecule has 1 fully saturated rings. The van der Waals surface area contributed by atoms with Crippen molar-refractivity contribution < 1.29 is 23.9 Å². The molecule has 2 aromatic rings. The maximum absolute atomic E-state index is 12.6. The van der Waals surface area contributed by atoms with Crippen molar-refractivity contribution in [2.24, 2.45) is 0 Å². The number of ether oxygens (including phenoxy) is 2. The highest BCUT2D eigenvalue weighted by Gasteiger charge is 2.34. The molecule has 2 aliphatic heterocycles. The molecule has 1 aromatic heterocycles. The van der Waals surface area contributed by atoms with Crippen LogP contribution in [-0.4, -0.2) is 51.8 Å². The molecule has 0 saturated carbocycles. The third-order valence-electron chi connectivity index (χ3n) is 4.40. The number of carbonyl (C=O) groups excluding carboxylic acids is 3. The molecule has 0 aliphatic carbocycles. The number of nitrogens with zero attached hydrogens (tertiary/aromatic N) is 2. The number of aromatic nitrogens is 2. The van der Waals surface area contributed by atoms with Crippen molar-refractivity contribution in [1.82, 2.24) is 20.2 Å². The Kier molecular flexibility index (Phi) is 5.26. The number of thioether (sulfide) groups is 1. The zero-order valence-electron chi connectivity index (χ0n) is 15.6. The standard InChI is InChI=1S/C19H18N4O5S/c1-2-16-21-9-12(22-16)17(24)20-5-6-23-18(25)15(29-19(23)26)8-11-3-4-13-14(7-11)28-10-27-13/h3-4,7-9H,2,5-6,10H2,1H3,(H,20,24)(H,21,22). The van der Waals surface area contributed by atoms with E-state index >= 15 is 0 Å². The summed E-state index contributed by atoms with van der Waals surface area (Å²) < 4.78 is 10.6. The fraction of sp³-hybridized carbons (Fsp3) is 0.263. The Hall–Kier alpha value is -3.27. The average Bonchev–Trinajstić information content (AvgIpc) is 3.43. The van der Waals surface area contributed by atoms with Gasteiger partial charge in [0.1, 0.15) is 11.5 Å². The van der Waals surface area contributed by atoms with Gasteiger partial charge in [-0.3, -0.25) is 19.3 Å². The Morgan fingerprint density at radius 3 is 2.97 bits per heavy atom. The molecule has 10 heteroatoms. The highest BCUT2D eigenvalue weighted by Crippen LogP contribution is 2.36. The molecule has 4 rings (SSSR count). The second-order valence-electron chi connectivity index (χ2n) is 6.30. The van der Waals surface area contributed by atoms with E-state index in [1.54, 1.807) is 24.3 Å². The van der Waals surface area contributed by atoms with Crippen LogP contribution >= 0.6 is 11.8 Å². The molecule has 0 atom stereocenters. The van der Waals surface area contributed by atoms with E-state index in [-0.39, 0.29) is 36.9 Å². The average molecular weight is 414 g/mol. The first-order valence-corrected chi connectivity index (χ1v) is 9.84. The number of aromatic amines is 1. The molecule has 2 N–H and O–H groups in total. The number of amides is 3. The third kappa shape index (κ3) is 3.97. The van der Waals surface area contributed by atoms with E-state index in [1.807, 2.05) is 6.92 Å².